The van der Waals surface area contributed by atoms with E-state index in [0.717, 1.165) is 5.56 Å². The van der Waals surface area contributed by atoms with Crippen LogP contribution >= 0.6 is 15.9 Å². The van der Waals surface area contributed by atoms with Crippen molar-refractivity contribution >= 4 is 27.5 Å². The minimum absolute atomic E-state index is 0.257. The number of rotatable bonds is 6. The van der Waals surface area contributed by atoms with Gasteiger partial charge >= 0.3 is 6.01 Å². The van der Waals surface area contributed by atoms with Gasteiger partial charge in [0, 0.05) is 23.6 Å². The Labute approximate surface area is 170 Å². The Morgan fingerprint density at radius 1 is 1.04 bits per heavy atom. The lowest BCUT2D eigenvalue weighted by atomic mass is 10.1. The van der Waals surface area contributed by atoms with Crippen molar-refractivity contribution in [2.45, 2.75) is 6.92 Å². The van der Waals surface area contributed by atoms with Crippen LogP contribution in [0.4, 0.5) is 5.69 Å². The standard InChI is InChI=1S/C20H18BrN3O4/c1-12-9-14(28-20-22-7-4-8-23-20)5-6-15(12)24-19(25)13-10-16(26-2)18(21)17(11-13)27-3/h4-11H,1-3H3,(H,24,25). The van der Waals surface area contributed by atoms with E-state index in [9.17, 15) is 4.79 Å². The van der Waals surface area contributed by atoms with Crippen molar-refractivity contribution < 1.29 is 19.0 Å². The Balaban J connectivity index is 1.79. The number of anilines is 1. The third-order valence-corrected chi connectivity index (χ3v) is 4.69. The molecule has 0 spiro atoms. The molecule has 1 N–H and O–H groups in total. The van der Waals surface area contributed by atoms with Crippen LogP contribution in [0.5, 0.6) is 23.3 Å². The van der Waals surface area contributed by atoms with E-state index in [0.29, 0.717) is 33.0 Å². The maximum Gasteiger partial charge on any atom is 0.321 e. The van der Waals surface area contributed by atoms with E-state index in [4.69, 9.17) is 14.2 Å². The molecule has 8 heteroatoms. The molecular formula is C20H18BrN3O4. The second-order valence-corrected chi connectivity index (χ2v) is 6.55. The minimum Gasteiger partial charge on any atom is -0.495 e. The van der Waals surface area contributed by atoms with Crippen LogP contribution in [-0.2, 0) is 0 Å². The molecule has 7 nitrogen and oxygen atoms in total. The van der Waals surface area contributed by atoms with E-state index in [1.807, 2.05) is 6.92 Å². The van der Waals surface area contributed by atoms with Gasteiger partial charge in [0.15, 0.2) is 0 Å². The SMILES string of the molecule is COc1cc(C(=O)Nc2ccc(Oc3ncccn3)cc2C)cc(OC)c1Br. The molecule has 144 valence electrons. The molecule has 0 bridgehead atoms. The van der Waals surface area contributed by atoms with Crippen LogP contribution in [0.15, 0.2) is 53.3 Å². The first-order valence-electron chi connectivity index (χ1n) is 8.30. The summed E-state index contributed by atoms with van der Waals surface area (Å²) >= 11 is 3.39. The van der Waals surface area contributed by atoms with Gasteiger partial charge in [0.1, 0.15) is 21.7 Å². The second-order valence-electron chi connectivity index (χ2n) is 5.76. The van der Waals surface area contributed by atoms with Crippen LogP contribution in [0.25, 0.3) is 0 Å². The van der Waals surface area contributed by atoms with Crippen LogP contribution in [0.2, 0.25) is 0 Å². The average molecular weight is 444 g/mol. The molecule has 0 unspecified atom stereocenters. The van der Waals surface area contributed by atoms with E-state index < -0.39 is 0 Å². The molecule has 0 fully saturated rings. The first-order chi connectivity index (χ1) is 13.5. The highest BCUT2D eigenvalue weighted by molar-refractivity contribution is 9.10. The van der Waals surface area contributed by atoms with E-state index >= 15 is 0 Å². The molecule has 0 radical (unpaired) electrons. The zero-order valence-corrected chi connectivity index (χ0v) is 17.1. The Morgan fingerprint density at radius 2 is 1.68 bits per heavy atom. The molecule has 0 aliphatic carbocycles. The Bertz CT molecular complexity index is 971. The predicted octanol–water partition coefficient (Wildman–Crippen LogP) is 4.61. The summed E-state index contributed by atoms with van der Waals surface area (Å²) in [6.07, 6.45) is 3.20. The number of methoxy groups -OCH3 is 2. The van der Waals surface area contributed by atoms with Gasteiger partial charge < -0.3 is 19.5 Å². The zero-order chi connectivity index (χ0) is 20.1. The highest BCUT2D eigenvalue weighted by Crippen LogP contribution is 2.36. The van der Waals surface area contributed by atoms with Gasteiger partial charge in [-0.3, -0.25) is 4.79 Å². The van der Waals surface area contributed by atoms with Gasteiger partial charge in [-0.25, -0.2) is 9.97 Å². The fourth-order valence-electron chi connectivity index (χ4n) is 2.48. The van der Waals surface area contributed by atoms with Crippen LogP contribution in [-0.4, -0.2) is 30.1 Å². The van der Waals surface area contributed by atoms with Crippen LogP contribution in [0.1, 0.15) is 15.9 Å². The lowest BCUT2D eigenvalue weighted by molar-refractivity contribution is 0.102. The molecule has 1 amide bonds. The number of hydrogen-bond acceptors (Lipinski definition) is 6. The van der Waals surface area contributed by atoms with Crippen molar-refractivity contribution in [1.29, 1.82) is 0 Å². The largest absolute Gasteiger partial charge is 0.495 e. The van der Waals surface area contributed by atoms with Crippen molar-refractivity contribution in [1.82, 2.24) is 9.97 Å². The van der Waals surface area contributed by atoms with Crippen LogP contribution in [0, 0.1) is 6.92 Å². The molecule has 0 saturated heterocycles. The van der Waals surface area contributed by atoms with Gasteiger partial charge in [-0.1, -0.05) is 0 Å². The fraction of sp³-hybridized carbons (Fsp3) is 0.150. The molecule has 3 aromatic rings. The average Bonchev–Trinajstić information content (AvgIpc) is 2.71. The maximum atomic E-state index is 12.7. The van der Waals surface area contributed by atoms with Gasteiger partial charge in [-0.2, -0.15) is 0 Å². The molecule has 3 rings (SSSR count). The Morgan fingerprint density at radius 3 is 2.25 bits per heavy atom. The molecule has 1 heterocycles. The van der Waals surface area contributed by atoms with Crippen molar-refractivity contribution in [3.8, 4) is 23.3 Å². The van der Waals surface area contributed by atoms with Crippen molar-refractivity contribution in [2.75, 3.05) is 19.5 Å². The van der Waals surface area contributed by atoms with Gasteiger partial charge in [0.05, 0.1) is 14.2 Å². The molecule has 28 heavy (non-hydrogen) atoms. The number of amides is 1. The highest BCUT2D eigenvalue weighted by atomic mass is 79.9. The van der Waals surface area contributed by atoms with Gasteiger partial charge in [-0.15, -0.1) is 0 Å². The van der Waals surface area contributed by atoms with Gasteiger partial charge in [0.2, 0.25) is 0 Å². The third kappa shape index (κ3) is 4.40. The van der Waals surface area contributed by atoms with Crippen molar-refractivity contribution in [3.63, 3.8) is 0 Å². The summed E-state index contributed by atoms with van der Waals surface area (Å²) in [5.74, 6) is 1.31. The predicted molar refractivity (Wildman–Crippen MR) is 108 cm³/mol. The molecule has 0 aliphatic heterocycles. The number of hydrogen-bond donors (Lipinski definition) is 1. The number of aryl methyl sites for hydroxylation is 1. The Kier molecular flexibility index (Phi) is 6.10. The molecule has 0 atom stereocenters. The zero-order valence-electron chi connectivity index (χ0n) is 15.5. The lowest BCUT2D eigenvalue weighted by Crippen LogP contribution is -2.13. The summed E-state index contributed by atoms with van der Waals surface area (Å²) in [7, 11) is 3.06. The summed E-state index contributed by atoms with van der Waals surface area (Å²) in [6.45, 7) is 1.87. The first kappa shape index (κ1) is 19.6. The number of nitrogens with one attached hydrogen (secondary N) is 1. The molecule has 1 aromatic heterocycles. The van der Waals surface area contributed by atoms with Crippen LogP contribution in [0.3, 0.4) is 0 Å². The third-order valence-electron chi connectivity index (χ3n) is 3.91. The summed E-state index contributed by atoms with van der Waals surface area (Å²) in [5, 5.41) is 2.89. The van der Waals surface area contributed by atoms with E-state index in [2.05, 4.69) is 31.2 Å². The number of nitrogens with zero attached hydrogens (tertiary/aromatic N) is 2. The van der Waals surface area contributed by atoms with E-state index in [1.165, 1.54) is 14.2 Å². The summed E-state index contributed by atoms with van der Waals surface area (Å²) in [5.41, 5.74) is 1.90. The van der Waals surface area contributed by atoms with Crippen molar-refractivity contribution in [2.24, 2.45) is 0 Å². The molecular weight excluding hydrogens is 426 g/mol. The normalized spacial score (nSPS) is 10.3. The fourth-order valence-corrected chi connectivity index (χ4v) is 3.03. The number of carbonyl (C=O) groups is 1. The van der Waals surface area contributed by atoms with Gasteiger partial charge in [-0.05, 0) is 64.8 Å². The van der Waals surface area contributed by atoms with Crippen molar-refractivity contribution in [3.05, 3.63) is 64.4 Å². The second kappa shape index (κ2) is 8.71. The van der Waals surface area contributed by atoms with Crippen LogP contribution < -0.4 is 19.5 Å². The summed E-state index contributed by atoms with van der Waals surface area (Å²) < 4.78 is 16.8. The number of ether oxygens (including phenoxy) is 3. The summed E-state index contributed by atoms with van der Waals surface area (Å²) in [6, 6.07) is 10.5. The quantitative estimate of drug-likeness (QED) is 0.598. The van der Waals surface area contributed by atoms with E-state index in [-0.39, 0.29) is 11.9 Å². The Hall–Kier alpha value is -3.13. The number of halogens is 1. The molecule has 2 aromatic carbocycles. The summed E-state index contributed by atoms with van der Waals surface area (Å²) in [4.78, 5) is 20.7. The molecule has 0 saturated carbocycles. The topological polar surface area (TPSA) is 82.6 Å². The highest BCUT2D eigenvalue weighted by Gasteiger charge is 2.15. The number of aromatic nitrogens is 2. The number of benzene rings is 2. The van der Waals surface area contributed by atoms with Gasteiger partial charge in [0.25, 0.3) is 5.91 Å². The first-order valence-corrected chi connectivity index (χ1v) is 9.09. The molecule has 0 aliphatic rings. The smallest absolute Gasteiger partial charge is 0.321 e. The van der Waals surface area contributed by atoms with E-state index in [1.54, 1.807) is 48.8 Å². The minimum atomic E-state index is -0.285. The number of carbonyl (C=O) groups excluding carboxylic acids is 1. The lowest BCUT2D eigenvalue weighted by Gasteiger charge is -2.13. The monoisotopic (exact) mass is 443 g/mol. The maximum absolute atomic E-state index is 12.7.